The van der Waals surface area contributed by atoms with Crippen LogP contribution in [0.2, 0.25) is 0 Å². The highest BCUT2D eigenvalue weighted by Gasteiger charge is 2.13. The van der Waals surface area contributed by atoms with Crippen LogP contribution in [0.5, 0.6) is 28.7 Å². The molecule has 0 saturated carbocycles. The largest absolute Gasteiger partial charge is 0.504 e. The first kappa shape index (κ1) is 14.4. The van der Waals surface area contributed by atoms with Crippen LogP contribution in [0, 0.1) is 0 Å². The lowest BCUT2D eigenvalue weighted by molar-refractivity contribution is 0.321. The molecule has 1 aromatic heterocycles. The lowest BCUT2D eigenvalue weighted by Crippen LogP contribution is -2.17. The molecule has 24 heavy (non-hydrogen) atoms. The zero-order valence-corrected chi connectivity index (χ0v) is 13.1. The zero-order chi connectivity index (χ0) is 16.5. The summed E-state index contributed by atoms with van der Waals surface area (Å²) in [6, 6.07) is 10.7. The van der Waals surface area contributed by atoms with E-state index in [0.717, 1.165) is 23.4 Å². The maximum absolute atomic E-state index is 9.89. The standard InChI is InChI=1S/C18H16N2O4/c1-22-18-9-12-14(10-15(18)21)19-5-4-16(12)24-11-2-3-13-17(8-11)23-7-6-20-13/h2-5,8-10,20-21H,6-7H2,1H3. The minimum absolute atomic E-state index is 0.0444. The van der Waals surface area contributed by atoms with Crippen molar-refractivity contribution in [3.8, 4) is 28.7 Å². The summed E-state index contributed by atoms with van der Waals surface area (Å²) < 4.78 is 16.8. The molecule has 0 unspecified atom stereocenters. The minimum Gasteiger partial charge on any atom is -0.504 e. The first-order valence-corrected chi connectivity index (χ1v) is 7.59. The van der Waals surface area contributed by atoms with E-state index in [9.17, 15) is 5.11 Å². The van der Waals surface area contributed by atoms with E-state index in [2.05, 4.69) is 10.3 Å². The number of hydrogen-bond acceptors (Lipinski definition) is 6. The minimum atomic E-state index is 0.0444. The van der Waals surface area contributed by atoms with Gasteiger partial charge in [0.2, 0.25) is 0 Å². The molecule has 4 rings (SSSR count). The Kier molecular flexibility index (Phi) is 3.49. The predicted octanol–water partition coefficient (Wildman–Crippen LogP) is 3.55. The first-order chi connectivity index (χ1) is 11.7. The van der Waals surface area contributed by atoms with Crippen molar-refractivity contribution in [1.29, 1.82) is 0 Å². The van der Waals surface area contributed by atoms with Crippen molar-refractivity contribution in [2.45, 2.75) is 0 Å². The molecule has 2 aromatic carbocycles. The number of phenolic OH excluding ortho intramolecular Hbond substituents is 1. The number of nitrogens with zero attached hydrogens (tertiary/aromatic N) is 1. The van der Waals surface area contributed by atoms with Gasteiger partial charge >= 0.3 is 0 Å². The summed E-state index contributed by atoms with van der Waals surface area (Å²) in [5.74, 6) is 2.48. The molecule has 0 amide bonds. The molecular weight excluding hydrogens is 308 g/mol. The number of methoxy groups -OCH3 is 1. The molecule has 0 radical (unpaired) electrons. The Bertz CT molecular complexity index is 911. The number of aromatic hydroxyl groups is 1. The Labute approximate surface area is 138 Å². The summed E-state index contributed by atoms with van der Waals surface area (Å²) in [6.07, 6.45) is 1.64. The van der Waals surface area contributed by atoms with E-state index in [1.807, 2.05) is 18.2 Å². The highest BCUT2D eigenvalue weighted by atomic mass is 16.5. The number of hydrogen-bond donors (Lipinski definition) is 2. The summed E-state index contributed by atoms with van der Waals surface area (Å²) in [4.78, 5) is 4.26. The number of phenols is 1. The monoisotopic (exact) mass is 324 g/mol. The van der Waals surface area contributed by atoms with Crippen molar-refractivity contribution in [2.75, 3.05) is 25.6 Å². The van der Waals surface area contributed by atoms with Gasteiger partial charge in [-0.15, -0.1) is 0 Å². The number of rotatable bonds is 3. The SMILES string of the molecule is COc1cc2c(Oc3ccc4c(c3)OCCN4)ccnc2cc1O. The highest BCUT2D eigenvalue weighted by Crippen LogP contribution is 2.38. The third kappa shape index (κ3) is 2.52. The fraction of sp³-hybridized carbons (Fsp3) is 0.167. The van der Waals surface area contributed by atoms with Crippen molar-refractivity contribution >= 4 is 16.6 Å². The average molecular weight is 324 g/mol. The van der Waals surface area contributed by atoms with Crippen LogP contribution in [0.4, 0.5) is 5.69 Å². The molecule has 3 aromatic rings. The maximum atomic E-state index is 9.89. The molecule has 0 atom stereocenters. The average Bonchev–Trinajstić information content (AvgIpc) is 2.61. The normalized spacial score (nSPS) is 12.9. The van der Waals surface area contributed by atoms with E-state index in [-0.39, 0.29) is 5.75 Å². The van der Waals surface area contributed by atoms with Gasteiger partial charge in [0.25, 0.3) is 0 Å². The molecule has 6 heteroatoms. The van der Waals surface area contributed by atoms with Gasteiger partial charge in [0.15, 0.2) is 11.5 Å². The molecule has 0 spiro atoms. The van der Waals surface area contributed by atoms with Gasteiger partial charge in [0, 0.05) is 30.3 Å². The van der Waals surface area contributed by atoms with Crippen LogP contribution in [0.25, 0.3) is 10.9 Å². The Morgan fingerprint density at radius 3 is 2.96 bits per heavy atom. The topological polar surface area (TPSA) is 72.8 Å². The summed E-state index contributed by atoms with van der Waals surface area (Å²) in [7, 11) is 1.51. The molecule has 2 N–H and O–H groups in total. The van der Waals surface area contributed by atoms with Gasteiger partial charge in [-0.1, -0.05) is 0 Å². The van der Waals surface area contributed by atoms with Crippen LogP contribution in [0.3, 0.4) is 0 Å². The molecule has 0 aliphatic carbocycles. The number of ether oxygens (including phenoxy) is 3. The third-order valence-electron chi connectivity index (χ3n) is 3.86. The Balaban J connectivity index is 1.74. The zero-order valence-electron chi connectivity index (χ0n) is 13.1. The smallest absolute Gasteiger partial charge is 0.161 e. The number of aromatic nitrogens is 1. The van der Waals surface area contributed by atoms with Gasteiger partial charge in [-0.2, -0.15) is 0 Å². The van der Waals surface area contributed by atoms with Gasteiger partial charge in [0.1, 0.15) is 23.9 Å². The van der Waals surface area contributed by atoms with Gasteiger partial charge in [-0.05, 0) is 24.3 Å². The van der Waals surface area contributed by atoms with E-state index >= 15 is 0 Å². The number of nitrogens with one attached hydrogen (secondary N) is 1. The second-order valence-corrected chi connectivity index (χ2v) is 5.39. The molecule has 0 bridgehead atoms. The van der Waals surface area contributed by atoms with Crippen LogP contribution in [-0.2, 0) is 0 Å². The van der Waals surface area contributed by atoms with E-state index in [4.69, 9.17) is 14.2 Å². The molecule has 0 saturated heterocycles. The third-order valence-corrected chi connectivity index (χ3v) is 3.86. The van der Waals surface area contributed by atoms with E-state index in [1.165, 1.54) is 7.11 Å². The van der Waals surface area contributed by atoms with Gasteiger partial charge in [-0.3, -0.25) is 4.98 Å². The molecule has 1 aliphatic heterocycles. The molecule has 122 valence electrons. The number of fused-ring (bicyclic) bond motifs is 2. The Hall–Kier alpha value is -3.15. The highest BCUT2D eigenvalue weighted by molar-refractivity contribution is 5.88. The van der Waals surface area contributed by atoms with Crippen molar-refractivity contribution < 1.29 is 19.3 Å². The van der Waals surface area contributed by atoms with Gasteiger partial charge < -0.3 is 24.6 Å². The summed E-state index contributed by atoms with van der Waals surface area (Å²) in [5, 5.41) is 13.9. The van der Waals surface area contributed by atoms with E-state index < -0.39 is 0 Å². The molecule has 1 aliphatic rings. The summed E-state index contributed by atoms with van der Waals surface area (Å²) in [6.45, 7) is 1.43. The van der Waals surface area contributed by atoms with Crippen molar-refractivity contribution in [2.24, 2.45) is 0 Å². The lowest BCUT2D eigenvalue weighted by Gasteiger charge is -2.19. The Morgan fingerprint density at radius 2 is 2.08 bits per heavy atom. The fourth-order valence-corrected chi connectivity index (χ4v) is 2.69. The lowest BCUT2D eigenvalue weighted by atomic mass is 10.2. The number of benzene rings is 2. The first-order valence-electron chi connectivity index (χ1n) is 7.59. The maximum Gasteiger partial charge on any atom is 0.161 e. The van der Waals surface area contributed by atoms with E-state index in [0.29, 0.717) is 29.4 Å². The van der Waals surface area contributed by atoms with Gasteiger partial charge in [-0.25, -0.2) is 0 Å². The fourth-order valence-electron chi connectivity index (χ4n) is 2.69. The number of pyridine rings is 1. The van der Waals surface area contributed by atoms with Crippen LogP contribution in [0.15, 0.2) is 42.6 Å². The number of anilines is 1. The van der Waals surface area contributed by atoms with Crippen LogP contribution in [-0.4, -0.2) is 30.4 Å². The molecular formula is C18H16N2O4. The Morgan fingerprint density at radius 1 is 1.17 bits per heavy atom. The molecule has 2 heterocycles. The summed E-state index contributed by atoms with van der Waals surface area (Å²) >= 11 is 0. The summed E-state index contributed by atoms with van der Waals surface area (Å²) in [5.41, 5.74) is 1.58. The molecule has 0 fully saturated rings. The predicted molar refractivity (Wildman–Crippen MR) is 90.5 cm³/mol. The van der Waals surface area contributed by atoms with Crippen LogP contribution < -0.4 is 19.5 Å². The van der Waals surface area contributed by atoms with Crippen LogP contribution >= 0.6 is 0 Å². The van der Waals surface area contributed by atoms with Gasteiger partial charge in [0.05, 0.1) is 18.3 Å². The second kappa shape index (κ2) is 5.81. The van der Waals surface area contributed by atoms with Crippen molar-refractivity contribution in [1.82, 2.24) is 4.98 Å². The van der Waals surface area contributed by atoms with Crippen molar-refractivity contribution in [3.05, 3.63) is 42.6 Å². The molecule has 6 nitrogen and oxygen atoms in total. The van der Waals surface area contributed by atoms with Crippen molar-refractivity contribution in [3.63, 3.8) is 0 Å². The quantitative estimate of drug-likeness (QED) is 0.767. The van der Waals surface area contributed by atoms with Crippen LogP contribution in [0.1, 0.15) is 0 Å². The van der Waals surface area contributed by atoms with E-state index in [1.54, 1.807) is 24.4 Å². The second-order valence-electron chi connectivity index (χ2n) is 5.39.